The van der Waals surface area contributed by atoms with Crippen molar-refractivity contribution in [2.75, 3.05) is 0 Å². The number of aliphatic hydroxyl groups is 1. The van der Waals surface area contributed by atoms with E-state index in [1.807, 2.05) is 10.9 Å². The van der Waals surface area contributed by atoms with E-state index in [4.69, 9.17) is 0 Å². The maximum absolute atomic E-state index is 13.3. The summed E-state index contributed by atoms with van der Waals surface area (Å²) < 4.78 is 15.2. The molecule has 1 heterocycles. The summed E-state index contributed by atoms with van der Waals surface area (Å²) in [4.78, 5) is 0. The average Bonchev–Trinajstić information content (AvgIpc) is 3.44. The standard InChI is InChI=1S/C24H29FN2O/c1-24-14-17-15-26-27(20-10-8-19(25)9-11-20)22(17)13-18(24)3-2-4-21(24)23(28)12-7-16-5-6-16/h8-11,13,15-16,21,23,28H,2-7,12,14H2,1H3/t21-,23+,24+/m1/s1. The van der Waals surface area contributed by atoms with Crippen molar-refractivity contribution in [3.63, 3.8) is 0 Å². The predicted octanol–water partition coefficient (Wildman–Crippen LogP) is 5.31. The zero-order chi connectivity index (χ0) is 19.3. The van der Waals surface area contributed by atoms with Crippen molar-refractivity contribution in [1.82, 2.24) is 9.78 Å². The molecule has 0 aliphatic heterocycles. The van der Waals surface area contributed by atoms with Crippen LogP contribution in [0.5, 0.6) is 0 Å². The van der Waals surface area contributed by atoms with E-state index >= 15 is 0 Å². The minimum absolute atomic E-state index is 0.0187. The van der Waals surface area contributed by atoms with Crippen LogP contribution in [-0.2, 0) is 6.42 Å². The normalized spacial score (nSPS) is 27.7. The summed E-state index contributed by atoms with van der Waals surface area (Å²) in [5.74, 6) is 0.965. The van der Waals surface area contributed by atoms with Crippen molar-refractivity contribution in [3.05, 3.63) is 53.1 Å². The Labute approximate surface area is 166 Å². The van der Waals surface area contributed by atoms with Crippen LogP contribution in [0.3, 0.4) is 0 Å². The van der Waals surface area contributed by atoms with Crippen LogP contribution in [-0.4, -0.2) is 21.0 Å². The van der Waals surface area contributed by atoms with E-state index in [-0.39, 0.29) is 17.3 Å². The molecular formula is C24H29FN2O. The summed E-state index contributed by atoms with van der Waals surface area (Å²) in [6, 6.07) is 6.52. The smallest absolute Gasteiger partial charge is 0.123 e. The summed E-state index contributed by atoms with van der Waals surface area (Å²) in [7, 11) is 0. The monoisotopic (exact) mass is 380 g/mol. The van der Waals surface area contributed by atoms with Gasteiger partial charge in [-0.2, -0.15) is 5.10 Å². The van der Waals surface area contributed by atoms with Crippen LogP contribution in [0.2, 0.25) is 0 Å². The molecule has 148 valence electrons. The van der Waals surface area contributed by atoms with Crippen LogP contribution in [0, 0.1) is 23.1 Å². The summed E-state index contributed by atoms with van der Waals surface area (Å²) >= 11 is 0. The quantitative estimate of drug-likeness (QED) is 0.763. The van der Waals surface area contributed by atoms with Crippen molar-refractivity contribution in [1.29, 1.82) is 0 Å². The van der Waals surface area contributed by atoms with Gasteiger partial charge in [-0.05, 0) is 91.7 Å². The van der Waals surface area contributed by atoms with Crippen LogP contribution in [0.25, 0.3) is 11.8 Å². The van der Waals surface area contributed by atoms with Crippen molar-refractivity contribution >= 4 is 6.08 Å². The molecule has 2 saturated carbocycles. The highest BCUT2D eigenvalue weighted by Crippen LogP contribution is 2.53. The number of aliphatic hydroxyl groups excluding tert-OH is 1. The van der Waals surface area contributed by atoms with Gasteiger partial charge in [-0.25, -0.2) is 9.07 Å². The molecule has 0 saturated heterocycles. The van der Waals surface area contributed by atoms with E-state index in [1.165, 1.54) is 42.5 Å². The van der Waals surface area contributed by atoms with Crippen LogP contribution in [0.1, 0.15) is 63.1 Å². The molecule has 4 heteroatoms. The molecule has 3 aliphatic rings. The van der Waals surface area contributed by atoms with Crippen molar-refractivity contribution in [2.45, 2.75) is 64.4 Å². The number of hydrogen-bond acceptors (Lipinski definition) is 2. The SMILES string of the molecule is C[C@]12Cc3cnn(-c4ccc(F)cc4)c3C=C1CCC[C@@H]2[C@@H](O)CCC1CC1. The number of nitrogens with zero attached hydrogens (tertiary/aromatic N) is 2. The minimum atomic E-state index is -0.231. The Hall–Kier alpha value is -1.94. The lowest BCUT2D eigenvalue weighted by molar-refractivity contribution is 0.0158. The van der Waals surface area contributed by atoms with Crippen molar-refractivity contribution in [3.8, 4) is 5.69 Å². The van der Waals surface area contributed by atoms with Gasteiger partial charge in [0.05, 0.1) is 23.7 Å². The number of fused-ring (bicyclic) bond motifs is 2. The number of allylic oxidation sites excluding steroid dienone is 1. The summed E-state index contributed by atoms with van der Waals surface area (Å²) in [6.07, 6.45) is 13.2. The molecule has 1 aromatic carbocycles. The van der Waals surface area contributed by atoms with E-state index in [9.17, 15) is 9.50 Å². The molecule has 3 atom stereocenters. The van der Waals surface area contributed by atoms with Gasteiger partial charge in [0.15, 0.2) is 0 Å². The lowest BCUT2D eigenvalue weighted by Gasteiger charge is -2.47. The largest absolute Gasteiger partial charge is 0.393 e. The zero-order valence-electron chi connectivity index (χ0n) is 16.6. The summed E-state index contributed by atoms with van der Waals surface area (Å²) in [5.41, 5.74) is 4.71. The Morgan fingerprint density at radius 3 is 2.79 bits per heavy atom. The highest BCUT2D eigenvalue weighted by atomic mass is 19.1. The van der Waals surface area contributed by atoms with Gasteiger partial charge in [-0.15, -0.1) is 0 Å². The lowest BCUT2D eigenvalue weighted by atomic mass is 9.58. The van der Waals surface area contributed by atoms with E-state index in [0.717, 1.165) is 49.4 Å². The molecule has 28 heavy (non-hydrogen) atoms. The van der Waals surface area contributed by atoms with Gasteiger partial charge in [-0.3, -0.25) is 0 Å². The highest BCUT2D eigenvalue weighted by Gasteiger charge is 2.46. The zero-order valence-corrected chi connectivity index (χ0v) is 16.6. The second-order valence-corrected chi connectivity index (χ2v) is 9.29. The topological polar surface area (TPSA) is 38.0 Å². The first-order valence-corrected chi connectivity index (χ1v) is 10.8. The van der Waals surface area contributed by atoms with E-state index in [2.05, 4.69) is 18.1 Å². The fraction of sp³-hybridized carbons (Fsp3) is 0.542. The number of hydrogen-bond donors (Lipinski definition) is 1. The minimum Gasteiger partial charge on any atom is -0.393 e. The fourth-order valence-electron chi connectivity index (χ4n) is 5.50. The van der Waals surface area contributed by atoms with Gasteiger partial charge in [-0.1, -0.05) is 25.3 Å². The van der Waals surface area contributed by atoms with Crippen molar-refractivity contribution in [2.24, 2.45) is 17.3 Å². The second kappa shape index (κ2) is 6.84. The third-order valence-electron chi connectivity index (χ3n) is 7.37. The third kappa shape index (κ3) is 3.12. The molecule has 3 aliphatic carbocycles. The van der Waals surface area contributed by atoms with Gasteiger partial charge in [0.25, 0.3) is 0 Å². The lowest BCUT2D eigenvalue weighted by Crippen LogP contribution is -2.43. The molecular weight excluding hydrogens is 351 g/mol. The third-order valence-corrected chi connectivity index (χ3v) is 7.37. The first-order valence-electron chi connectivity index (χ1n) is 10.8. The number of halogens is 1. The summed E-state index contributed by atoms with van der Waals surface area (Å²) in [6.45, 7) is 2.35. The van der Waals surface area contributed by atoms with E-state index in [1.54, 1.807) is 12.1 Å². The molecule has 3 nitrogen and oxygen atoms in total. The maximum Gasteiger partial charge on any atom is 0.123 e. The van der Waals surface area contributed by atoms with Gasteiger partial charge >= 0.3 is 0 Å². The second-order valence-electron chi connectivity index (χ2n) is 9.29. The molecule has 0 radical (unpaired) electrons. The Morgan fingerprint density at radius 1 is 1.25 bits per heavy atom. The first-order chi connectivity index (χ1) is 13.5. The van der Waals surface area contributed by atoms with Crippen LogP contribution in [0.15, 0.2) is 36.0 Å². The first kappa shape index (κ1) is 18.1. The van der Waals surface area contributed by atoms with E-state index in [0.29, 0.717) is 5.92 Å². The molecule has 2 fully saturated rings. The molecule has 1 aromatic heterocycles. The molecule has 5 rings (SSSR count). The van der Waals surface area contributed by atoms with Crippen LogP contribution >= 0.6 is 0 Å². The number of aromatic nitrogens is 2. The molecule has 0 unspecified atom stereocenters. The summed E-state index contributed by atoms with van der Waals surface area (Å²) in [5, 5.41) is 15.6. The van der Waals surface area contributed by atoms with Crippen molar-refractivity contribution < 1.29 is 9.50 Å². The van der Waals surface area contributed by atoms with Gasteiger partial charge < -0.3 is 5.11 Å². The van der Waals surface area contributed by atoms with Gasteiger partial charge in [0.1, 0.15) is 5.82 Å². The fourth-order valence-corrected chi connectivity index (χ4v) is 5.50. The van der Waals surface area contributed by atoms with Crippen LogP contribution < -0.4 is 0 Å². The Bertz CT molecular complexity index is 896. The van der Waals surface area contributed by atoms with Crippen LogP contribution in [0.4, 0.5) is 4.39 Å². The van der Waals surface area contributed by atoms with Gasteiger partial charge in [0, 0.05) is 0 Å². The Kier molecular flexibility index (Phi) is 4.42. The molecule has 0 spiro atoms. The number of rotatable bonds is 5. The molecule has 0 amide bonds. The Morgan fingerprint density at radius 2 is 2.04 bits per heavy atom. The molecule has 1 N–H and O–H groups in total. The van der Waals surface area contributed by atoms with E-state index < -0.39 is 0 Å². The Balaban J connectivity index is 1.45. The molecule has 0 bridgehead atoms. The average molecular weight is 381 g/mol. The molecule has 2 aromatic rings. The maximum atomic E-state index is 13.3. The highest BCUT2D eigenvalue weighted by molar-refractivity contribution is 5.61. The van der Waals surface area contributed by atoms with Gasteiger partial charge in [0.2, 0.25) is 0 Å². The number of benzene rings is 1. The predicted molar refractivity (Wildman–Crippen MR) is 109 cm³/mol.